The standard InChI is InChI=1S/C50H43NO2.C37H25NO2.C36H20F3NO2/c1-49(2,3)36-22-14-32(15-23-36)34-18-26-38(27-19-34)51(39-28-20-35(21-29-39)33-16-24-37(25-17-33)50(4,5)6)43-12-9-11-40-41-30-31-45-46(48(41)53-47(40)43)42-10-7-8-13-44(42)52-45;1-24-14-16-25(17-15-24)26-18-20-28(21-19-26)38(27-8-3-2-4-9-27)32-12-7-11-29-30-22-23-34-35(37(30)40-36(29)32)31-10-5-6-13-33(31)39-34;37-22-19-28(38)33(29(39)20-22)21-13-15-24(16-14-21)40(23-7-2-1-3-8-23)30-11-6-10-25-26-17-18-32-34(36(26)42-35(25)30)27-9-4-5-12-31(27)41-32/h7-31H,1-6H3;2-23H,1H3;1-20H. The first-order valence-electron chi connectivity index (χ1n) is 45.5. The Labute approximate surface area is 776 Å². The van der Waals surface area contributed by atoms with Crippen LogP contribution >= 0.6 is 0 Å². The van der Waals surface area contributed by atoms with Crippen molar-refractivity contribution in [2.24, 2.45) is 0 Å². The van der Waals surface area contributed by atoms with Crippen molar-refractivity contribution in [3.63, 3.8) is 0 Å². The summed E-state index contributed by atoms with van der Waals surface area (Å²) in [5.41, 5.74) is 29.7. The van der Waals surface area contributed by atoms with Crippen LogP contribution in [0.15, 0.2) is 433 Å². The average molecular weight is 1760 g/mol. The first-order valence-corrected chi connectivity index (χ1v) is 45.5. The topological polar surface area (TPSA) is 88.6 Å². The number of para-hydroxylation sites is 8. The van der Waals surface area contributed by atoms with Crippen LogP contribution in [0.3, 0.4) is 0 Å². The van der Waals surface area contributed by atoms with E-state index in [1.165, 1.54) is 50.1 Å². The van der Waals surface area contributed by atoms with E-state index in [2.05, 4.69) is 307 Å². The van der Waals surface area contributed by atoms with E-state index in [1.54, 1.807) is 24.3 Å². The second kappa shape index (κ2) is 33.2. The second-order valence-electron chi connectivity index (χ2n) is 36.6. The molecule has 6 heterocycles. The minimum Gasteiger partial charge on any atom is -0.456 e. The van der Waals surface area contributed by atoms with Gasteiger partial charge in [0.15, 0.2) is 16.7 Å². The Morgan fingerprint density at radius 3 is 0.763 bits per heavy atom. The molecular weight excluding hydrogens is 1670 g/mol. The number of halogens is 3. The van der Waals surface area contributed by atoms with E-state index >= 15 is 0 Å². The zero-order chi connectivity index (χ0) is 91.5. The fraction of sp³-hybridized carbons (Fsp3) is 0.0732. The molecule has 135 heavy (non-hydrogen) atoms. The Hall–Kier alpha value is -16.8. The summed E-state index contributed by atoms with van der Waals surface area (Å²) in [4.78, 5) is 6.62. The van der Waals surface area contributed by atoms with Gasteiger partial charge in [-0.05, 0) is 213 Å². The summed E-state index contributed by atoms with van der Waals surface area (Å²) >= 11 is 0. The van der Waals surface area contributed by atoms with E-state index < -0.39 is 17.5 Å². The van der Waals surface area contributed by atoms with Crippen molar-refractivity contribution in [3.05, 3.63) is 441 Å². The zero-order valence-electron chi connectivity index (χ0n) is 75.1. The molecule has 19 aromatic carbocycles. The van der Waals surface area contributed by atoms with Gasteiger partial charge in [0, 0.05) is 94.7 Å². The Kier molecular flexibility index (Phi) is 20.3. The van der Waals surface area contributed by atoms with E-state index in [1.807, 2.05) is 126 Å². The maximum Gasteiger partial charge on any atom is 0.159 e. The van der Waals surface area contributed by atoms with Gasteiger partial charge in [0.2, 0.25) is 0 Å². The molecule has 0 aliphatic carbocycles. The summed E-state index contributed by atoms with van der Waals surface area (Å²) in [7, 11) is 0. The molecule has 0 saturated heterocycles. The molecule has 9 nitrogen and oxygen atoms in total. The summed E-state index contributed by atoms with van der Waals surface area (Å²) in [6.07, 6.45) is 0. The molecule has 25 aromatic rings. The number of nitrogens with zero attached hydrogens (tertiary/aromatic N) is 3. The predicted molar refractivity (Wildman–Crippen MR) is 551 cm³/mol. The lowest BCUT2D eigenvalue weighted by atomic mass is 9.86. The van der Waals surface area contributed by atoms with Gasteiger partial charge in [-0.25, -0.2) is 13.2 Å². The van der Waals surface area contributed by atoms with Crippen LogP contribution in [-0.2, 0) is 10.8 Å². The molecule has 0 bridgehead atoms. The fourth-order valence-electron chi connectivity index (χ4n) is 19.2. The normalized spacial score (nSPS) is 11.9. The highest BCUT2D eigenvalue weighted by Crippen LogP contribution is 2.51. The van der Waals surface area contributed by atoms with E-state index in [4.69, 9.17) is 26.5 Å². The molecule has 0 saturated carbocycles. The van der Waals surface area contributed by atoms with Gasteiger partial charge in [-0.3, -0.25) is 0 Å². The molecular formula is C123H88F3N3O6. The molecule has 0 N–H and O–H groups in total. The van der Waals surface area contributed by atoms with Gasteiger partial charge >= 0.3 is 0 Å². The maximum absolute atomic E-state index is 14.5. The van der Waals surface area contributed by atoms with Gasteiger partial charge in [-0.1, -0.05) is 296 Å². The fourth-order valence-corrected chi connectivity index (χ4v) is 19.2. The van der Waals surface area contributed by atoms with E-state index in [9.17, 15) is 13.2 Å². The molecule has 0 spiro atoms. The molecule has 0 amide bonds. The number of hydrogen-bond donors (Lipinski definition) is 0. The van der Waals surface area contributed by atoms with Crippen LogP contribution in [0.1, 0.15) is 58.2 Å². The molecule has 0 radical (unpaired) electrons. The maximum atomic E-state index is 14.5. The molecule has 0 aliphatic rings. The van der Waals surface area contributed by atoms with Crippen molar-refractivity contribution in [1.82, 2.24) is 0 Å². The van der Waals surface area contributed by atoms with Crippen LogP contribution in [0.4, 0.5) is 64.4 Å². The van der Waals surface area contributed by atoms with Gasteiger partial charge in [-0.15, -0.1) is 0 Å². The van der Waals surface area contributed by atoms with Crippen LogP contribution in [0.5, 0.6) is 0 Å². The van der Waals surface area contributed by atoms with Crippen molar-refractivity contribution in [2.75, 3.05) is 14.7 Å². The molecule has 0 aliphatic heterocycles. The third-order valence-corrected chi connectivity index (χ3v) is 26.1. The van der Waals surface area contributed by atoms with Crippen LogP contribution in [-0.4, -0.2) is 0 Å². The Balaban J connectivity index is 0.000000115. The molecule has 0 atom stereocenters. The third kappa shape index (κ3) is 14.9. The number of hydrogen-bond acceptors (Lipinski definition) is 9. The van der Waals surface area contributed by atoms with Crippen molar-refractivity contribution in [1.29, 1.82) is 0 Å². The van der Waals surface area contributed by atoms with Gasteiger partial charge in [-0.2, -0.15) is 0 Å². The van der Waals surface area contributed by atoms with Crippen LogP contribution < -0.4 is 14.7 Å². The quantitative estimate of drug-likeness (QED) is 0.112. The molecule has 652 valence electrons. The van der Waals surface area contributed by atoms with Crippen molar-refractivity contribution in [2.45, 2.75) is 59.3 Å². The number of benzene rings is 19. The van der Waals surface area contributed by atoms with Gasteiger partial charge in [0.25, 0.3) is 0 Å². The third-order valence-electron chi connectivity index (χ3n) is 26.1. The number of fused-ring (bicyclic) bond motifs is 21. The van der Waals surface area contributed by atoms with Gasteiger partial charge in [0.05, 0.1) is 38.8 Å². The monoisotopic (exact) mass is 1760 g/mol. The summed E-state index contributed by atoms with van der Waals surface area (Å²) in [5.74, 6) is -2.86. The number of furan rings is 6. The first kappa shape index (κ1) is 82.6. The van der Waals surface area contributed by atoms with Crippen LogP contribution in [0.2, 0.25) is 0 Å². The largest absolute Gasteiger partial charge is 0.456 e. The Morgan fingerprint density at radius 1 is 0.207 bits per heavy atom. The predicted octanol–water partition coefficient (Wildman–Crippen LogP) is 36.9. The van der Waals surface area contributed by atoms with Gasteiger partial charge < -0.3 is 41.2 Å². The van der Waals surface area contributed by atoms with Crippen molar-refractivity contribution >= 4 is 183 Å². The highest BCUT2D eigenvalue weighted by molar-refractivity contribution is 6.26. The Bertz CT molecular complexity index is 8700. The van der Waals surface area contributed by atoms with Gasteiger partial charge in [0.1, 0.15) is 67.7 Å². The minimum absolute atomic E-state index is 0.114. The average Bonchev–Trinajstić information content (AvgIpc) is 1.58. The van der Waals surface area contributed by atoms with E-state index in [0.717, 1.165) is 177 Å². The zero-order valence-corrected chi connectivity index (χ0v) is 75.1. The smallest absolute Gasteiger partial charge is 0.159 e. The SMILES string of the molecule is CC(C)(C)c1ccc(-c2ccc(N(c3ccc(-c4ccc(C(C)(C)C)cc4)cc3)c3cccc4c3oc3c4ccc4oc5ccccc5c43)cc2)cc1.Cc1ccc(-c2ccc(N(c3ccccc3)c3cccc4c3oc3c4ccc4oc5ccccc5c43)cc2)cc1.Fc1cc(F)c(-c2ccc(N(c3ccccc3)c3cccc4c3oc3c4ccc4oc5ccccc5c43)cc2)c(F)c1. The lowest BCUT2D eigenvalue weighted by Crippen LogP contribution is -2.10. The lowest BCUT2D eigenvalue weighted by Gasteiger charge is -2.26. The highest BCUT2D eigenvalue weighted by Gasteiger charge is 2.29. The summed E-state index contributed by atoms with van der Waals surface area (Å²) in [5, 5.41) is 12.3. The number of aryl methyl sites for hydroxylation is 1. The molecule has 12 heteroatoms. The second-order valence-corrected chi connectivity index (χ2v) is 36.6. The van der Waals surface area contributed by atoms with E-state index in [-0.39, 0.29) is 16.4 Å². The first-order chi connectivity index (χ1) is 65.8. The number of rotatable bonds is 13. The summed E-state index contributed by atoms with van der Waals surface area (Å²) in [6, 6.07) is 137. The molecule has 6 aromatic heterocycles. The van der Waals surface area contributed by atoms with Crippen molar-refractivity contribution in [3.8, 4) is 44.5 Å². The van der Waals surface area contributed by atoms with Crippen molar-refractivity contribution < 1.29 is 39.7 Å². The molecule has 0 fully saturated rings. The lowest BCUT2D eigenvalue weighted by molar-refractivity contribution is 0.548. The highest BCUT2D eigenvalue weighted by atomic mass is 19.1. The van der Waals surface area contributed by atoms with Crippen LogP contribution in [0, 0.1) is 24.4 Å². The molecule has 25 rings (SSSR count). The number of anilines is 9. The van der Waals surface area contributed by atoms with E-state index in [0.29, 0.717) is 23.3 Å². The summed E-state index contributed by atoms with van der Waals surface area (Å²) in [6.45, 7) is 15.6. The Morgan fingerprint density at radius 2 is 0.459 bits per heavy atom. The molecule has 0 unspecified atom stereocenters. The minimum atomic E-state index is -0.958. The van der Waals surface area contributed by atoms with Crippen LogP contribution in [0.25, 0.3) is 176 Å². The summed E-state index contributed by atoms with van der Waals surface area (Å²) < 4.78 is 81.5.